The fourth-order valence-corrected chi connectivity index (χ4v) is 2.80. The van der Waals surface area contributed by atoms with Gasteiger partial charge in [0.15, 0.2) is 0 Å². The van der Waals surface area contributed by atoms with Crippen molar-refractivity contribution >= 4 is 27.8 Å². The van der Waals surface area contributed by atoms with E-state index in [9.17, 15) is 14.7 Å². The first-order valence-corrected chi connectivity index (χ1v) is 7.69. The maximum Gasteiger partial charge on any atom is 0.326 e. The van der Waals surface area contributed by atoms with Gasteiger partial charge >= 0.3 is 5.97 Å². The number of carboxylic acids is 1. The lowest BCUT2D eigenvalue weighted by Crippen LogP contribution is -2.45. The second-order valence-corrected chi connectivity index (χ2v) is 6.24. The Labute approximate surface area is 132 Å². The highest BCUT2D eigenvalue weighted by Crippen LogP contribution is 2.49. The maximum atomic E-state index is 12.5. The molecule has 1 fully saturated rings. The highest BCUT2D eigenvalue weighted by molar-refractivity contribution is 9.10. The van der Waals surface area contributed by atoms with E-state index in [2.05, 4.69) is 27.8 Å². The lowest BCUT2D eigenvalue weighted by atomic mass is 9.94. The highest BCUT2D eigenvalue weighted by Gasteiger charge is 2.51. The molecule has 0 spiro atoms. The first kappa shape index (κ1) is 15.8. The van der Waals surface area contributed by atoms with Crippen LogP contribution in [0.5, 0.6) is 0 Å². The fourth-order valence-electron chi connectivity index (χ4n) is 2.40. The van der Waals surface area contributed by atoms with Gasteiger partial charge in [0.05, 0.1) is 5.41 Å². The van der Waals surface area contributed by atoms with Crippen molar-refractivity contribution in [2.45, 2.75) is 37.1 Å². The maximum absolute atomic E-state index is 12.5. The van der Waals surface area contributed by atoms with E-state index in [4.69, 9.17) is 0 Å². The fraction of sp³-hybridized carbons (Fsp3) is 0.375. The zero-order valence-electron chi connectivity index (χ0n) is 11.6. The first-order valence-electron chi connectivity index (χ1n) is 6.90. The molecule has 1 aromatic carbocycles. The summed E-state index contributed by atoms with van der Waals surface area (Å²) in [6, 6.07) is 6.77. The van der Waals surface area contributed by atoms with Crippen LogP contribution in [0.25, 0.3) is 0 Å². The Balaban J connectivity index is 2.11. The van der Waals surface area contributed by atoms with E-state index in [1.807, 2.05) is 24.3 Å². The number of carbonyl (C=O) groups excluding carboxylic acids is 1. The Bertz CT molecular complexity index is 566. The molecule has 1 saturated carbocycles. The summed E-state index contributed by atoms with van der Waals surface area (Å²) < 4.78 is 0.917. The topological polar surface area (TPSA) is 66.4 Å². The number of carbonyl (C=O) groups is 2. The zero-order chi connectivity index (χ0) is 15.5. The summed E-state index contributed by atoms with van der Waals surface area (Å²) in [5.74, 6) is -1.20. The minimum atomic E-state index is -1.00. The van der Waals surface area contributed by atoms with Crippen LogP contribution in [-0.2, 0) is 15.0 Å². The van der Waals surface area contributed by atoms with Crippen molar-refractivity contribution in [3.8, 4) is 0 Å². The second kappa shape index (κ2) is 6.43. The van der Waals surface area contributed by atoms with Gasteiger partial charge in [0, 0.05) is 4.47 Å². The van der Waals surface area contributed by atoms with Crippen molar-refractivity contribution in [3.63, 3.8) is 0 Å². The average molecular weight is 352 g/mol. The molecule has 112 valence electrons. The largest absolute Gasteiger partial charge is 0.480 e. The van der Waals surface area contributed by atoms with E-state index in [0.717, 1.165) is 22.9 Å². The van der Waals surface area contributed by atoms with E-state index in [1.54, 1.807) is 6.08 Å². The summed E-state index contributed by atoms with van der Waals surface area (Å²) in [5, 5.41) is 11.9. The molecule has 0 heterocycles. The smallest absolute Gasteiger partial charge is 0.326 e. The molecule has 2 N–H and O–H groups in total. The SMILES string of the molecule is C=CCCC(NC(=O)C1(c2cccc(Br)c2)CC1)C(=O)O. The monoisotopic (exact) mass is 351 g/mol. The molecule has 4 nitrogen and oxygen atoms in total. The number of aliphatic carboxylic acids is 1. The van der Waals surface area contributed by atoms with Gasteiger partial charge in [0.1, 0.15) is 6.04 Å². The molecule has 1 aromatic rings. The molecule has 5 heteroatoms. The van der Waals surface area contributed by atoms with Gasteiger partial charge in [-0.2, -0.15) is 0 Å². The summed E-state index contributed by atoms with van der Waals surface area (Å²) in [6.07, 6.45) is 4.08. The molecule has 1 aliphatic carbocycles. The van der Waals surface area contributed by atoms with Crippen LogP contribution in [0.2, 0.25) is 0 Å². The molecule has 1 aliphatic rings. The lowest BCUT2D eigenvalue weighted by molar-refractivity contribution is -0.142. The predicted octanol–water partition coefficient (Wildman–Crippen LogP) is 3.02. The van der Waals surface area contributed by atoms with Crippen molar-refractivity contribution in [1.82, 2.24) is 5.32 Å². The zero-order valence-corrected chi connectivity index (χ0v) is 13.2. The predicted molar refractivity (Wildman–Crippen MR) is 84.1 cm³/mol. The molecule has 1 atom stereocenters. The number of benzene rings is 1. The van der Waals surface area contributed by atoms with Crippen LogP contribution in [0.15, 0.2) is 41.4 Å². The number of hydrogen-bond donors (Lipinski definition) is 2. The van der Waals surface area contributed by atoms with Crippen LogP contribution in [0.4, 0.5) is 0 Å². The van der Waals surface area contributed by atoms with Crippen molar-refractivity contribution in [2.24, 2.45) is 0 Å². The number of allylic oxidation sites excluding steroid dienone is 1. The van der Waals surface area contributed by atoms with Crippen LogP contribution < -0.4 is 5.32 Å². The number of rotatable bonds is 7. The third-order valence-corrected chi connectivity index (χ3v) is 4.32. The van der Waals surface area contributed by atoms with Crippen molar-refractivity contribution < 1.29 is 14.7 Å². The number of amides is 1. The van der Waals surface area contributed by atoms with E-state index >= 15 is 0 Å². The third kappa shape index (κ3) is 3.53. The Kier molecular flexibility index (Phi) is 4.83. The van der Waals surface area contributed by atoms with Gasteiger partial charge in [-0.3, -0.25) is 4.79 Å². The van der Waals surface area contributed by atoms with Crippen LogP contribution in [0.3, 0.4) is 0 Å². The van der Waals surface area contributed by atoms with Gasteiger partial charge < -0.3 is 10.4 Å². The Hall–Kier alpha value is -1.62. The minimum absolute atomic E-state index is 0.197. The van der Waals surface area contributed by atoms with Gasteiger partial charge in [-0.1, -0.05) is 34.1 Å². The molecular formula is C16H18BrNO3. The standard InChI is InChI=1S/C16H18BrNO3/c1-2-3-7-13(14(19)20)18-15(21)16(8-9-16)11-5-4-6-12(17)10-11/h2,4-6,10,13H,1,3,7-9H2,(H,18,21)(H,19,20). The molecule has 2 rings (SSSR count). The minimum Gasteiger partial charge on any atom is -0.480 e. The molecule has 0 radical (unpaired) electrons. The van der Waals surface area contributed by atoms with Gasteiger partial charge in [-0.25, -0.2) is 4.79 Å². The summed E-state index contributed by atoms with van der Waals surface area (Å²) in [6.45, 7) is 3.58. The van der Waals surface area contributed by atoms with Gasteiger partial charge in [0.25, 0.3) is 0 Å². The average Bonchev–Trinajstić information content (AvgIpc) is 3.24. The van der Waals surface area contributed by atoms with Gasteiger partial charge in [-0.05, 0) is 43.4 Å². The Morgan fingerprint density at radius 3 is 2.71 bits per heavy atom. The van der Waals surface area contributed by atoms with E-state index in [-0.39, 0.29) is 5.91 Å². The summed E-state index contributed by atoms with van der Waals surface area (Å²) in [5.41, 5.74) is 0.369. The molecule has 1 unspecified atom stereocenters. The van der Waals surface area contributed by atoms with E-state index in [1.165, 1.54) is 0 Å². The van der Waals surface area contributed by atoms with E-state index < -0.39 is 17.4 Å². The number of hydrogen-bond acceptors (Lipinski definition) is 2. The van der Waals surface area contributed by atoms with Gasteiger partial charge in [0.2, 0.25) is 5.91 Å². The molecular weight excluding hydrogens is 334 g/mol. The number of carboxylic acid groups (broad SMARTS) is 1. The Morgan fingerprint density at radius 1 is 1.48 bits per heavy atom. The summed E-state index contributed by atoms with van der Waals surface area (Å²) >= 11 is 3.40. The molecule has 21 heavy (non-hydrogen) atoms. The van der Waals surface area contributed by atoms with Crippen molar-refractivity contribution in [2.75, 3.05) is 0 Å². The van der Waals surface area contributed by atoms with Crippen molar-refractivity contribution in [1.29, 1.82) is 0 Å². The van der Waals surface area contributed by atoms with Crippen LogP contribution in [0.1, 0.15) is 31.2 Å². The quantitative estimate of drug-likeness (QED) is 0.742. The van der Waals surface area contributed by atoms with Crippen LogP contribution in [0, 0.1) is 0 Å². The highest BCUT2D eigenvalue weighted by atomic mass is 79.9. The third-order valence-electron chi connectivity index (χ3n) is 3.82. The van der Waals surface area contributed by atoms with Crippen LogP contribution >= 0.6 is 15.9 Å². The molecule has 0 aliphatic heterocycles. The summed E-state index contributed by atoms with van der Waals surface area (Å²) in [4.78, 5) is 23.7. The van der Waals surface area contributed by atoms with Crippen molar-refractivity contribution in [3.05, 3.63) is 47.0 Å². The van der Waals surface area contributed by atoms with Crippen LogP contribution in [-0.4, -0.2) is 23.0 Å². The Morgan fingerprint density at radius 2 is 2.19 bits per heavy atom. The molecule has 0 saturated heterocycles. The lowest BCUT2D eigenvalue weighted by Gasteiger charge is -2.20. The number of nitrogens with one attached hydrogen (secondary N) is 1. The molecule has 1 amide bonds. The normalized spacial score (nSPS) is 16.8. The summed E-state index contributed by atoms with van der Waals surface area (Å²) in [7, 11) is 0. The number of halogens is 1. The molecule has 0 aromatic heterocycles. The van der Waals surface area contributed by atoms with Gasteiger partial charge in [-0.15, -0.1) is 6.58 Å². The second-order valence-electron chi connectivity index (χ2n) is 5.32. The van der Waals surface area contributed by atoms with E-state index in [0.29, 0.717) is 12.8 Å². The first-order chi connectivity index (χ1) is 9.99. The molecule has 0 bridgehead atoms.